The van der Waals surface area contributed by atoms with Gasteiger partial charge in [-0.2, -0.15) is 0 Å². The summed E-state index contributed by atoms with van der Waals surface area (Å²) in [5.41, 5.74) is 1.47. The summed E-state index contributed by atoms with van der Waals surface area (Å²) in [7, 11) is 0. The van der Waals surface area contributed by atoms with Crippen molar-refractivity contribution in [3.63, 3.8) is 0 Å². The van der Waals surface area contributed by atoms with E-state index in [1.165, 1.54) is 31.3 Å². The van der Waals surface area contributed by atoms with Crippen LogP contribution < -0.4 is 0 Å². The zero-order chi connectivity index (χ0) is 15.5. The highest BCUT2D eigenvalue weighted by molar-refractivity contribution is 5.29. The van der Waals surface area contributed by atoms with E-state index in [0.717, 1.165) is 18.8 Å². The molecule has 0 radical (unpaired) electrons. The predicted octanol–water partition coefficient (Wildman–Crippen LogP) is 5.11. The van der Waals surface area contributed by atoms with Gasteiger partial charge in [0.25, 0.3) is 0 Å². The van der Waals surface area contributed by atoms with Crippen LogP contribution in [0.5, 0.6) is 0 Å². The Morgan fingerprint density at radius 2 is 1.90 bits per heavy atom. The summed E-state index contributed by atoms with van der Waals surface area (Å²) in [5, 5.41) is 11.5. The van der Waals surface area contributed by atoms with Gasteiger partial charge in [0, 0.05) is 5.92 Å². The fraction of sp³-hybridized carbons (Fsp3) is 0.800. The normalized spacial score (nSPS) is 48.8. The second-order valence-electron chi connectivity index (χ2n) is 8.85. The topological polar surface area (TPSA) is 20.2 Å². The molecule has 21 heavy (non-hydrogen) atoms. The molecule has 1 N–H and O–H groups in total. The number of hydrogen-bond acceptors (Lipinski definition) is 1. The van der Waals surface area contributed by atoms with Crippen molar-refractivity contribution in [2.75, 3.05) is 0 Å². The molecule has 0 aromatic rings. The summed E-state index contributed by atoms with van der Waals surface area (Å²) in [4.78, 5) is 0. The molecule has 0 amide bonds. The van der Waals surface area contributed by atoms with Crippen LogP contribution in [0.25, 0.3) is 0 Å². The van der Waals surface area contributed by atoms with Crippen molar-refractivity contribution < 1.29 is 5.11 Å². The molecule has 0 aliphatic heterocycles. The highest BCUT2D eigenvalue weighted by Gasteiger charge is 2.61. The van der Waals surface area contributed by atoms with Gasteiger partial charge in [0.2, 0.25) is 0 Å². The number of rotatable bonds is 1. The molecule has 0 unspecified atom stereocenters. The van der Waals surface area contributed by atoms with Crippen molar-refractivity contribution in [3.05, 3.63) is 24.3 Å². The summed E-state index contributed by atoms with van der Waals surface area (Å²) in [6.45, 7) is 13.5. The number of aliphatic hydroxyl groups is 1. The van der Waals surface area contributed by atoms with Gasteiger partial charge in [0.1, 0.15) is 0 Å². The Hall–Kier alpha value is -0.560. The SMILES string of the molecule is C=CC1=CC[C@H]2[C@@]3(C)CCCC(C)(C)[C@H]3CC[C@]2(O)[C@@H]1C. The summed E-state index contributed by atoms with van der Waals surface area (Å²) < 4.78 is 0. The Balaban J connectivity index is 2.03. The molecule has 118 valence electrons. The molecular formula is C20H32O. The minimum absolute atomic E-state index is 0.233. The molecule has 0 heterocycles. The molecule has 2 fully saturated rings. The lowest BCUT2D eigenvalue weighted by molar-refractivity contribution is -0.191. The van der Waals surface area contributed by atoms with Crippen LogP contribution in [0.4, 0.5) is 0 Å². The van der Waals surface area contributed by atoms with Gasteiger partial charge in [-0.25, -0.2) is 0 Å². The molecule has 0 aromatic carbocycles. The summed E-state index contributed by atoms with van der Waals surface area (Å²) in [6, 6.07) is 0. The zero-order valence-electron chi connectivity index (χ0n) is 14.3. The summed E-state index contributed by atoms with van der Waals surface area (Å²) in [6.07, 6.45) is 11.5. The standard InChI is InChI=1S/C20H32O/c1-6-15-8-9-17-19(5)12-7-11-18(3,4)16(19)10-13-20(17,21)14(15)2/h6,8,14,16-17,21H,1,7,9-13H2,2-5H3/t14-,16-,17+,19+,20+/m1/s1. The van der Waals surface area contributed by atoms with Crippen molar-refractivity contribution >= 4 is 0 Å². The van der Waals surface area contributed by atoms with Gasteiger partial charge in [-0.15, -0.1) is 0 Å². The summed E-state index contributed by atoms with van der Waals surface area (Å²) in [5.74, 6) is 1.41. The third-order valence-corrected chi connectivity index (χ3v) is 7.58. The molecule has 3 aliphatic carbocycles. The third-order valence-electron chi connectivity index (χ3n) is 7.58. The summed E-state index contributed by atoms with van der Waals surface area (Å²) >= 11 is 0. The van der Waals surface area contributed by atoms with E-state index in [1.54, 1.807) is 0 Å². The number of allylic oxidation sites excluding steroid dienone is 2. The van der Waals surface area contributed by atoms with Gasteiger partial charge in [0.15, 0.2) is 0 Å². The van der Waals surface area contributed by atoms with E-state index in [2.05, 4.69) is 40.3 Å². The average molecular weight is 288 g/mol. The van der Waals surface area contributed by atoms with Gasteiger partial charge in [0.05, 0.1) is 5.60 Å². The van der Waals surface area contributed by atoms with Gasteiger partial charge in [-0.05, 0) is 60.3 Å². The van der Waals surface area contributed by atoms with Crippen LogP contribution in [0.1, 0.15) is 66.2 Å². The van der Waals surface area contributed by atoms with E-state index >= 15 is 0 Å². The van der Waals surface area contributed by atoms with Crippen LogP contribution in [0.15, 0.2) is 24.3 Å². The first-order valence-corrected chi connectivity index (χ1v) is 8.80. The average Bonchev–Trinajstić information content (AvgIpc) is 2.40. The van der Waals surface area contributed by atoms with E-state index in [1.807, 2.05) is 6.08 Å². The van der Waals surface area contributed by atoms with E-state index in [-0.39, 0.29) is 5.92 Å². The van der Waals surface area contributed by atoms with Crippen LogP contribution in [-0.4, -0.2) is 10.7 Å². The molecule has 0 saturated heterocycles. The minimum Gasteiger partial charge on any atom is -0.389 e. The number of hydrogen-bond donors (Lipinski definition) is 1. The molecule has 1 nitrogen and oxygen atoms in total. The van der Waals surface area contributed by atoms with Crippen LogP contribution >= 0.6 is 0 Å². The molecule has 3 rings (SSSR count). The fourth-order valence-corrected chi connectivity index (χ4v) is 6.40. The van der Waals surface area contributed by atoms with Crippen molar-refractivity contribution in [2.24, 2.45) is 28.6 Å². The first-order chi connectivity index (χ1) is 9.75. The Bertz CT molecular complexity index is 474. The predicted molar refractivity (Wildman–Crippen MR) is 89.0 cm³/mol. The Morgan fingerprint density at radius 3 is 2.57 bits per heavy atom. The van der Waals surface area contributed by atoms with Gasteiger partial charge in [-0.1, -0.05) is 52.8 Å². The van der Waals surface area contributed by atoms with E-state index in [9.17, 15) is 5.11 Å². The largest absolute Gasteiger partial charge is 0.389 e. The molecule has 3 aliphatic rings. The fourth-order valence-electron chi connectivity index (χ4n) is 6.40. The molecule has 5 atom stereocenters. The van der Waals surface area contributed by atoms with Gasteiger partial charge >= 0.3 is 0 Å². The lowest BCUT2D eigenvalue weighted by Gasteiger charge is -2.64. The van der Waals surface area contributed by atoms with E-state index in [0.29, 0.717) is 16.7 Å². The monoisotopic (exact) mass is 288 g/mol. The zero-order valence-corrected chi connectivity index (χ0v) is 14.3. The Kier molecular flexibility index (Phi) is 3.44. The molecule has 2 saturated carbocycles. The first kappa shape index (κ1) is 15.3. The molecule has 0 aromatic heterocycles. The third kappa shape index (κ3) is 2.00. The van der Waals surface area contributed by atoms with Crippen LogP contribution in [0.3, 0.4) is 0 Å². The maximum absolute atomic E-state index is 11.5. The smallest absolute Gasteiger partial charge is 0.0749 e. The van der Waals surface area contributed by atoms with Crippen molar-refractivity contribution in [1.82, 2.24) is 0 Å². The van der Waals surface area contributed by atoms with Crippen LogP contribution in [0.2, 0.25) is 0 Å². The Labute approximate surface area is 130 Å². The van der Waals surface area contributed by atoms with Crippen LogP contribution in [-0.2, 0) is 0 Å². The van der Waals surface area contributed by atoms with Crippen LogP contribution in [0, 0.1) is 28.6 Å². The van der Waals surface area contributed by atoms with E-state index < -0.39 is 5.60 Å². The first-order valence-electron chi connectivity index (χ1n) is 8.80. The highest BCUT2D eigenvalue weighted by atomic mass is 16.3. The molecule has 0 spiro atoms. The van der Waals surface area contributed by atoms with Gasteiger partial charge < -0.3 is 5.11 Å². The lowest BCUT2D eigenvalue weighted by Crippen LogP contribution is -2.61. The molecular weight excluding hydrogens is 256 g/mol. The Morgan fingerprint density at radius 1 is 1.19 bits per heavy atom. The van der Waals surface area contributed by atoms with Crippen molar-refractivity contribution in [3.8, 4) is 0 Å². The van der Waals surface area contributed by atoms with Crippen molar-refractivity contribution in [1.29, 1.82) is 0 Å². The van der Waals surface area contributed by atoms with Crippen molar-refractivity contribution in [2.45, 2.75) is 71.8 Å². The lowest BCUT2D eigenvalue weighted by atomic mass is 9.42. The molecule has 0 bridgehead atoms. The quantitative estimate of drug-likeness (QED) is 0.710. The maximum Gasteiger partial charge on any atom is 0.0749 e. The highest BCUT2D eigenvalue weighted by Crippen LogP contribution is 2.65. The number of fused-ring (bicyclic) bond motifs is 3. The van der Waals surface area contributed by atoms with Gasteiger partial charge in [-0.3, -0.25) is 0 Å². The maximum atomic E-state index is 11.5. The molecule has 1 heteroatoms. The second-order valence-corrected chi connectivity index (χ2v) is 8.85. The second kappa shape index (κ2) is 4.72. The minimum atomic E-state index is -0.517. The van der Waals surface area contributed by atoms with E-state index in [4.69, 9.17) is 0 Å².